The van der Waals surface area contributed by atoms with Crippen LogP contribution in [0.25, 0.3) is 0 Å². The summed E-state index contributed by atoms with van der Waals surface area (Å²) in [7, 11) is 1.11. The van der Waals surface area contributed by atoms with Crippen molar-refractivity contribution in [3.63, 3.8) is 0 Å². The van der Waals surface area contributed by atoms with Crippen molar-refractivity contribution in [3.8, 4) is 0 Å². The van der Waals surface area contributed by atoms with Gasteiger partial charge < -0.3 is 4.74 Å². The molecule has 0 fully saturated rings. The second kappa shape index (κ2) is 5.66. The number of methoxy groups -OCH3 is 1. The van der Waals surface area contributed by atoms with Crippen molar-refractivity contribution in [2.75, 3.05) is 7.11 Å². The molecule has 0 bridgehead atoms. The SMILES string of the molecule is COC(=O)CC(=O)c1ccccc1CC(F)(F)F. The molecule has 0 atom stereocenters. The average Bonchev–Trinajstić information content (AvgIpc) is 2.27. The number of halogens is 3. The molecule has 0 N–H and O–H groups in total. The summed E-state index contributed by atoms with van der Waals surface area (Å²) >= 11 is 0. The predicted octanol–water partition coefficient (Wildman–Crippen LogP) is 2.54. The third-order valence-electron chi connectivity index (χ3n) is 2.24. The number of rotatable bonds is 4. The smallest absolute Gasteiger partial charge is 0.393 e. The third-order valence-corrected chi connectivity index (χ3v) is 2.24. The number of hydrogen-bond acceptors (Lipinski definition) is 3. The Kier molecular flexibility index (Phi) is 4.47. The second-order valence-electron chi connectivity index (χ2n) is 3.63. The largest absolute Gasteiger partial charge is 0.469 e. The van der Waals surface area contributed by atoms with Crippen LogP contribution in [0.2, 0.25) is 0 Å². The van der Waals surface area contributed by atoms with Gasteiger partial charge in [-0.1, -0.05) is 24.3 Å². The predicted molar refractivity (Wildman–Crippen MR) is 57.2 cm³/mol. The number of Topliss-reactive ketones (excluding diaryl/α,β-unsaturated/α-hetero) is 1. The van der Waals surface area contributed by atoms with Gasteiger partial charge in [0, 0.05) is 5.56 Å². The van der Waals surface area contributed by atoms with E-state index in [1.54, 1.807) is 0 Å². The van der Waals surface area contributed by atoms with Gasteiger partial charge in [0.05, 0.1) is 13.5 Å². The summed E-state index contributed by atoms with van der Waals surface area (Å²) in [5.74, 6) is -1.46. The van der Waals surface area contributed by atoms with Crippen molar-refractivity contribution in [2.24, 2.45) is 0 Å². The van der Waals surface area contributed by atoms with E-state index in [1.807, 2.05) is 0 Å². The van der Waals surface area contributed by atoms with Crippen LogP contribution in [-0.2, 0) is 16.0 Å². The number of benzene rings is 1. The molecule has 3 nitrogen and oxygen atoms in total. The molecule has 18 heavy (non-hydrogen) atoms. The minimum Gasteiger partial charge on any atom is -0.469 e. The van der Waals surface area contributed by atoms with Crippen molar-refractivity contribution in [1.82, 2.24) is 0 Å². The zero-order valence-corrected chi connectivity index (χ0v) is 9.58. The topological polar surface area (TPSA) is 43.4 Å². The average molecular weight is 260 g/mol. The quantitative estimate of drug-likeness (QED) is 0.474. The standard InChI is InChI=1S/C12H11F3O3/c1-18-11(17)6-10(16)9-5-3-2-4-8(9)7-12(13,14)15/h2-5H,6-7H2,1H3. The molecule has 0 amide bonds. The van der Waals surface area contributed by atoms with E-state index in [0.29, 0.717) is 0 Å². The zero-order valence-electron chi connectivity index (χ0n) is 9.58. The summed E-state index contributed by atoms with van der Waals surface area (Å²) in [6.45, 7) is 0. The lowest BCUT2D eigenvalue weighted by Crippen LogP contribution is -2.16. The Labute approximate surface area is 102 Å². The highest BCUT2D eigenvalue weighted by Crippen LogP contribution is 2.24. The first-order chi connectivity index (χ1) is 8.33. The van der Waals surface area contributed by atoms with Crippen LogP contribution in [0.1, 0.15) is 22.3 Å². The van der Waals surface area contributed by atoms with Crippen molar-refractivity contribution < 1.29 is 27.5 Å². The fraction of sp³-hybridized carbons (Fsp3) is 0.333. The molecule has 0 saturated heterocycles. The molecule has 0 aliphatic carbocycles. The number of carbonyl (C=O) groups excluding carboxylic acids is 2. The highest BCUT2D eigenvalue weighted by Gasteiger charge is 2.29. The fourth-order valence-corrected chi connectivity index (χ4v) is 1.46. The highest BCUT2D eigenvalue weighted by atomic mass is 19.4. The zero-order chi connectivity index (χ0) is 13.8. The Morgan fingerprint density at radius 1 is 1.22 bits per heavy atom. The van der Waals surface area contributed by atoms with Crippen LogP contribution >= 0.6 is 0 Å². The first-order valence-corrected chi connectivity index (χ1v) is 5.08. The molecule has 0 aromatic heterocycles. The maximum atomic E-state index is 12.3. The summed E-state index contributed by atoms with van der Waals surface area (Å²) in [6.07, 6.45) is -6.16. The summed E-state index contributed by atoms with van der Waals surface area (Å²) in [5.41, 5.74) is -0.237. The normalized spacial score (nSPS) is 11.1. The summed E-state index contributed by atoms with van der Waals surface area (Å²) < 4.78 is 41.2. The van der Waals surface area contributed by atoms with Gasteiger partial charge in [-0.3, -0.25) is 9.59 Å². The van der Waals surface area contributed by atoms with E-state index in [2.05, 4.69) is 4.74 Å². The monoisotopic (exact) mass is 260 g/mol. The molecule has 0 spiro atoms. The van der Waals surface area contributed by atoms with Gasteiger partial charge in [-0.05, 0) is 5.56 Å². The van der Waals surface area contributed by atoms with Crippen molar-refractivity contribution >= 4 is 11.8 Å². The van der Waals surface area contributed by atoms with Gasteiger partial charge >= 0.3 is 12.1 Å². The molecule has 0 heterocycles. The molecule has 0 aliphatic heterocycles. The number of esters is 1. The number of ether oxygens (including phenoxy) is 1. The molecular formula is C12H11F3O3. The first kappa shape index (κ1) is 14.2. The van der Waals surface area contributed by atoms with Crippen LogP contribution in [0.15, 0.2) is 24.3 Å². The molecule has 0 saturated carbocycles. The molecule has 0 unspecified atom stereocenters. The van der Waals surface area contributed by atoms with Crippen LogP contribution < -0.4 is 0 Å². The Morgan fingerprint density at radius 2 is 1.83 bits per heavy atom. The van der Waals surface area contributed by atoms with E-state index in [-0.39, 0.29) is 11.1 Å². The Morgan fingerprint density at radius 3 is 2.39 bits per heavy atom. The van der Waals surface area contributed by atoms with Gasteiger partial charge in [0.1, 0.15) is 6.42 Å². The van der Waals surface area contributed by atoms with Crippen LogP contribution in [0.4, 0.5) is 13.2 Å². The van der Waals surface area contributed by atoms with Gasteiger partial charge in [-0.15, -0.1) is 0 Å². The van der Waals surface area contributed by atoms with E-state index in [1.165, 1.54) is 24.3 Å². The van der Waals surface area contributed by atoms with Gasteiger partial charge in [0.2, 0.25) is 0 Å². The number of ketones is 1. The Hall–Kier alpha value is -1.85. The maximum absolute atomic E-state index is 12.3. The minimum atomic E-state index is -4.40. The Balaban J connectivity index is 2.95. The molecule has 6 heteroatoms. The molecular weight excluding hydrogens is 249 g/mol. The fourth-order valence-electron chi connectivity index (χ4n) is 1.46. The van der Waals surface area contributed by atoms with E-state index in [9.17, 15) is 22.8 Å². The lowest BCUT2D eigenvalue weighted by Gasteiger charge is -2.10. The van der Waals surface area contributed by atoms with Gasteiger partial charge in [0.25, 0.3) is 0 Å². The van der Waals surface area contributed by atoms with Crippen LogP contribution in [0.3, 0.4) is 0 Å². The van der Waals surface area contributed by atoms with Crippen molar-refractivity contribution in [3.05, 3.63) is 35.4 Å². The van der Waals surface area contributed by atoms with Gasteiger partial charge in [-0.2, -0.15) is 13.2 Å². The molecule has 1 aromatic carbocycles. The summed E-state index contributed by atoms with van der Waals surface area (Å²) in [4.78, 5) is 22.6. The highest BCUT2D eigenvalue weighted by molar-refractivity contribution is 6.06. The van der Waals surface area contributed by atoms with Gasteiger partial charge in [0.15, 0.2) is 5.78 Å². The van der Waals surface area contributed by atoms with Crippen LogP contribution in [0, 0.1) is 0 Å². The second-order valence-corrected chi connectivity index (χ2v) is 3.63. The number of alkyl halides is 3. The minimum absolute atomic E-state index is 0.0970. The number of carbonyl (C=O) groups is 2. The third kappa shape index (κ3) is 4.20. The maximum Gasteiger partial charge on any atom is 0.393 e. The van der Waals surface area contributed by atoms with Crippen LogP contribution in [0.5, 0.6) is 0 Å². The van der Waals surface area contributed by atoms with E-state index in [0.717, 1.165) is 7.11 Å². The first-order valence-electron chi connectivity index (χ1n) is 5.08. The summed E-state index contributed by atoms with van der Waals surface area (Å²) in [6, 6.07) is 5.35. The van der Waals surface area contributed by atoms with Crippen molar-refractivity contribution in [2.45, 2.75) is 19.0 Å². The Bertz CT molecular complexity index is 452. The molecule has 1 aromatic rings. The lowest BCUT2D eigenvalue weighted by atomic mass is 9.99. The molecule has 1 rings (SSSR count). The summed E-state index contributed by atoms with van der Waals surface area (Å²) in [5, 5.41) is 0. The van der Waals surface area contributed by atoms with Crippen molar-refractivity contribution in [1.29, 1.82) is 0 Å². The molecule has 0 radical (unpaired) electrons. The van der Waals surface area contributed by atoms with Crippen LogP contribution in [-0.4, -0.2) is 25.0 Å². The number of hydrogen-bond donors (Lipinski definition) is 0. The van der Waals surface area contributed by atoms with E-state index < -0.39 is 30.8 Å². The van der Waals surface area contributed by atoms with Gasteiger partial charge in [-0.25, -0.2) is 0 Å². The molecule has 98 valence electrons. The van der Waals surface area contributed by atoms with E-state index >= 15 is 0 Å². The molecule has 0 aliphatic rings. The van der Waals surface area contributed by atoms with E-state index in [4.69, 9.17) is 0 Å². The lowest BCUT2D eigenvalue weighted by molar-refractivity contribution is -0.139.